The van der Waals surface area contributed by atoms with Crippen LogP contribution in [0.5, 0.6) is 5.75 Å². The van der Waals surface area contributed by atoms with E-state index in [0.717, 1.165) is 18.8 Å². The topological polar surface area (TPSA) is 35.2 Å². The Hall–Kier alpha value is -1.80. The summed E-state index contributed by atoms with van der Waals surface area (Å²) in [4.78, 5) is 0. The second kappa shape index (κ2) is 4.46. The Labute approximate surface area is 107 Å². The van der Waals surface area contributed by atoms with Crippen LogP contribution in [0.4, 0.5) is 0 Å². The molecule has 0 bridgehead atoms. The number of fused-ring (bicyclic) bond motifs is 1. The van der Waals surface area contributed by atoms with E-state index in [1.54, 1.807) is 0 Å². The van der Waals surface area contributed by atoms with Crippen LogP contribution in [-0.2, 0) is 13.0 Å². The molecule has 0 saturated heterocycles. The van der Waals surface area contributed by atoms with Gasteiger partial charge in [-0.1, -0.05) is 30.3 Å². The summed E-state index contributed by atoms with van der Waals surface area (Å²) < 4.78 is 5.80. The molecule has 2 N–H and O–H groups in total. The van der Waals surface area contributed by atoms with Gasteiger partial charge in [0.15, 0.2) is 0 Å². The van der Waals surface area contributed by atoms with Gasteiger partial charge in [-0.15, -0.1) is 0 Å². The van der Waals surface area contributed by atoms with Crippen molar-refractivity contribution in [2.45, 2.75) is 19.9 Å². The Kier molecular flexibility index (Phi) is 2.80. The van der Waals surface area contributed by atoms with Crippen LogP contribution in [0.15, 0.2) is 36.4 Å². The first-order valence-electron chi connectivity index (χ1n) is 6.34. The SMILES string of the molecule is Cc1cc2c(c(-c3ccccc3CN)c1)OCC2. The predicted octanol–water partition coefficient (Wildman–Crippen LogP) is 3.06. The standard InChI is InChI=1S/C16H17NO/c1-11-8-12-6-7-18-16(12)15(9-11)14-5-3-2-4-13(14)10-17/h2-5,8-9H,6-7,10,17H2,1H3. The third-order valence-corrected chi connectivity index (χ3v) is 3.46. The summed E-state index contributed by atoms with van der Waals surface area (Å²) in [5.74, 6) is 1.04. The lowest BCUT2D eigenvalue weighted by Crippen LogP contribution is -1.99. The van der Waals surface area contributed by atoms with Crippen molar-refractivity contribution in [3.05, 3.63) is 53.1 Å². The molecular weight excluding hydrogens is 222 g/mol. The van der Waals surface area contributed by atoms with Gasteiger partial charge < -0.3 is 10.5 Å². The normalized spacial score (nSPS) is 13.2. The van der Waals surface area contributed by atoms with Gasteiger partial charge in [0, 0.05) is 18.5 Å². The first kappa shape index (κ1) is 11.3. The fraction of sp³-hybridized carbons (Fsp3) is 0.250. The Bertz CT molecular complexity index is 590. The fourth-order valence-corrected chi connectivity index (χ4v) is 2.63. The summed E-state index contributed by atoms with van der Waals surface area (Å²) in [7, 11) is 0. The van der Waals surface area contributed by atoms with Gasteiger partial charge in [0.2, 0.25) is 0 Å². The second-order valence-corrected chi connectivity index (χ2v) is 4.76. The van der Waals surface area contributed by atoms with E-state index in [1.165, 1.54) is 27.8 Å². The van der Waals surface area contributed by atoms with E-state index < -0.39 is 0 Å². The lowest BCUT2D eigenvalue weighted by atomic mass is 9.95. The summed E-state index contributed by atoms with van der Waals surface area (Å²) in [6.45, 7) is 3.47. The van der Waals surface area contributed by atoms with Crippen LogP contribution in [0.1, 0.15) is 16.7 Å². The maximum Gasteiger partial charge on any atom is 0.130 e. The van der Waals surface area contributed by atoms with Crippen LogP contribution in [0.3, 0.4) is 0 Å². The molecule has 0 aromatic heterocycles. The van der Waals surface area contributed by atoms with Crippen LogP contribution in [0.25, 0.3) is 11.1 Å². The number of benzene rings is 2. The Morgan fingerprint density at radius 1 is 1.17 bits per heavy atom. The summed E-state index contributed by atoms with van der Waals surface area (Å²) in [5, 5.41) is 0. The van der Waals surface area contributed by atoms with Gasteiger partial charge in [-0.3, -0.25) is 0 Å². The maximum absolute atomic E-state index is 5.83. The van der Waals surface area contributed by atoms with Crippen molar-refractivity contribution in [3.8, 4) is 16.9 Å². The van der Waals surface area contributed by atoms with E-state index in [0.29, 0.717) is 6.54 Å². The van der Waals surface area contributed by atoms with Crippen molar-refractivity contribution >= 4 is 0 Å². The molecule has 1 aliphatic rings. The highest BCUT2D eigenvalue weighted by Crippen LogP contribution is 2.39. The minimum absolute atomic E-state index is 0.554. The fourth-order valence-electron chi connectivity index (χ4n) is 2.63. The van der Waals surface area contributed by atoms with Crippen molar-refractivity contribution < 1.29 is 4.74 Å². The number of rotatable bonds is 2. The quantitative estimate of drug-likeness (QED) is 0.874. The molecule has 0 unspecified atom stereocenters. The highest BCUT2D eigenvalue weighted by molar-refractivity contribution is 5.76. The van der Waals surface area contributed by atoms with Crippen LogP contribution < -0.4 is 10.5 Å². The van der Waals surface area contributed by atoms with Gasteiger partial charge in [0.05, 0.1) is 6.61 Å². The Balaban J connectivity index is 2.23. The van der Waals surface area contributed by atoms with Gasteiger partial charge in [-0.2, -0.15) is 0 Å². The number of hydrogen-bond donors (Lipinski definition) is 1. The third-order valence-electron chi connectivity index (χ3n) is 3.46. The van der Waals surface area contributed by atoms with Crippen LogP contribution in [0, 0.1) is 6.92 Å². The molecule has 1 aliphatic heterocycles. The van der Waals surface area contributed by atoms with E-state index in [1.807, 2.05) is 6.07 Å². The minimum atomic E-state index is 0.554. The second-order valence-electron chi connectivity index (χ2n) is 4.76. The maximum atomic E-state index is 5.83. The summed E-state index contributed by atoms with van der Waals surface area (Å²) in [5.41, 5.74) is 12.0. The van der Waals surface area contributed by atoms with E-state index in [4.69, 9.17) is 10.5 Å². The van der Waals surface area contributed by atoms with E-state index in [9.17, 15) is 0 Å². The predicted molar refractivity (Wildman–Crippen MR) is 73.7 cm³/mol. The van der Waals surface area contributed by atoms with Gasteiger partial charge in [0.1, 0.15) is 5.75 Å². The highest BCUT2D eigenvalue weighted by atomic mass is 16.5. The Morgan fingerprint density at radius 3 is 2.83 bits per heavy atom. The minimum Gasteiger partial charge on any atom is -0.492 e. The molecule has 0 atom stereocenters. The first-order chi connectivity index (χ1) is 8.79. The molecule has 18 heavy (non-hydrogen) atoms. The zero-order valence-electron chi connectivity index (χ0n) is 10.6. The summed E-state index contributed by atoms with van der Waals surface area (Å²) in [6.07, 6.45) is 1.01. The largest absolute Gasteiger partial charge is 0.492 e. The number of nitrogens with two attached hydrogens (primary N) is 1. The molecule has 0 amide bonds. The Morgan fingerprint density at radius 2 is 2.00 bits per heavy atom. The third kappa shape index (κ3) is 1.79. The number of hydrogen-bond acceptors (Lipinski definition) is 2. The average molecular weight is 239 g/mol. The molecule has 2 heteroatoms. The monoisotopic (exact) mass is 239 g/mol. The highest BCUT2D eigenvalue weighted by Gasteiger charge is 2.19. The summed E-state index contributed by atoms with van der Waals surface area (Å²) in [6, 6.07) is 12.7. The lowest BCUT2D eigenvalue weighted by molar-refractivity contribution is 0.358. The molecule has 0 fully saturated rings. The smallest absolute Gasteiger partial charge is 0.130 e. The molecule has 0 aliphatic carbocycles. The molecule has 92 valence electrons. The van der Waals surface area contributed by atoms with Crippen molar-refractivity contribution in [1.82, 2.24) is 0 Å². The van der Waals surface area contributed by atoms with Crippen LogP contribution >= 0.6 is 0 Å². The van der Waals surface area contributed by atoms with Crippen molar-refractivity contribution in [3.63, 3.8) is 0 Å². The van der Waals surface area contributed by atoms with Gasteiger partial charge in [-0.05, 0) is 35.2 Å². The molecule has 0 spiro atoms. The molecular formula is C16H17NO. The number of aryl methyl sites for hydroxylation is 1. The summed E-state index contributed by atoms with van der Waals surface area (Å²) >= 11 is 0. The van der Waals surface area contributed by atoms with Crippen molar-refractivity contribution in [2.75, 3.05) is 6.61 Å². The molecule has 2 aromatic rings. The van der Waals surface area contributed by atoms with Crippen LogP contribution in [0.2, 0.25) is 0 Å². The lowest BCUT2D eigenvalue weighted by Gasteiger charge is -2.13. The van der Waals surface area contributed by atoms with Crippen LogP contribution in [-0.4, -0.2) is 6.61 Å². The van der Waals surface area contributed by atoms with Crippen molar-refractivity contribution in [1.29, 1.82) is 0 Å². The molecule has 2 nitrogen and oxygen atoms in total. The number of ether oxygens (including phenoxy) is 1. The zero-order chi connectivity index (χ0) is 12.5. The van der Waals surface area contributed by atoms with Crippen molar-refractivity contribution in [2.24, 2.45) is 5.73 Å². The molecule has 0 saturated carbocycles. The molecule has 0 radical (unpaired) electrons. The van der Waals surface area contributed by atoms with E-state index in [-0.39, 0.29) is 0 Å². The average Bonchev–Trinajstić information content (AvgIpc) is 2.85. The molecule has 2 aromatic carbocycles. The molecule has 3 rings (SSSR count). The first-order valence-corrected chi connectivity index (χ1v) is 6.34. The zero-order valence-corrected chi connectivity index (χ0v) is 10.6. The van der Waals surface area contributed by atoms with E-state index in [2.05, 4.69) is 37.3 Å². The van der Waals surface area contributed by atoms with E-state index >= 15 is 0 Å². The van der Waals surface area contributed by atoms with Gasteiger partial charge >= 0.3 is 0 Å². The molecule has 1 heterocycles. The van der Waals surface area contributed by atoms with Gasteiger partial charge in [0.25, 0.3) is 0 Å². The van der Waals surface area contributed by atoms with Gasteiger partial charge in [-0.25, -0.2) is 0 Å².